The molecule has 0 unspecified atom stereocenters. The smallest absolute Gasteiger partial charge is 0.325 e. The maximum Gasteiger partial charge on any atom is 0.329 e. The molecule has 1 saturated heterocycles. The molecule has 2 aromatic carbocycles. The number of hydrogen-bond donors (Lipinski definition) is 2. The van der Waals surface area contributed by atoms with E-state index < -0.39 is 17.8 Å². The molecular weight excluding hydrogens is 342 g/mol. The van der Waals surface area contributed by atoms with E-state index in [9.17, 15) is 14.4 Å². The molecule has 4 amide bonds. The van der Waals surface area contributed by atoms with Gasteiger partial charge in [-0.1, -0.05) is 56.3 Å². The summed E-state index contributed by atoms with van der Waals surface area (Å²) in [6, 6.07) is 16.1. The van der Waals surface area contributed by atoms with Gasteiger partial charge in [-0.15, -0.1) is 0 Å². The summed E-state index contributed by atoms with van der Waals surface area (Å²) in [4.78, 5) is 37.6. The molecular formula is C21H21N3O3. The Bertz CT molecular complexity index is 887. The molecule has 0 spiro atoms. The predicted molar refractivity (Wildman–Crippen MR) is 104 cm³/mol. The molecule has 6 heteroatoms. The minimum Gasteiger partial charge on any atom is -0.325 e. The van der Waals surface area contributed by atoms with E-state index in [4.69, 9.17) is 0 Å². The molecule has 2 aromatic rings. The van der Waals surface area contributed by atoms with Gasteiger partial charge in [0.05, 0.1) is 0 Å². The van der Waals surface area contributed by atoms with Crippen LogP contribution < -0.4 is 10.6 Å². The van der Waals surface area contributed by atoms with E-state index in [1.54, 1.807) is 18.2 Å². The van der Waals surface area contributed by atoms with Crippen LogP contribution in [-0.4, -0.2) is 29.3 Å². The normalized spacial score (nSPS) is 15.4. The topological polar surface area (TPSA) is 78.5 Å². The third-order valence-electron chi connectivity index (χ3n) is 4.24. The van der Waals surface area contributed by atoms with Crippen LogP contribution in [0.4, 0.5) is 10.5 Å². The molecule has 2 N–H and O–H groups in total. The summed E-state index contributed by atoms with van der Waals surface area (Å²) in [5.41, 5.74) is 2.73. The van der Waals surface area contributed by atoms with E-state index >= 15 is 0 Å². The zero-order valence-corrected chi connectivity index (χ0v) is 15.2. The Morgan fingerprint density at radius 1 is 1.07 bits per heavy atom. The van der Waals surface area contributed by atoms with Crippen LogP contribution in [0.2, 0.25) is 0 Å². The molecule has 1 aliphatic rings. The second-order valence-electron chi connectivity index (χ2n) is 6.62. The highest BCUT2D eigenvalue weighted by molar-refractivity contribution is 6.15. The van der Waals surface area contributed by atoms with E-state index in [-0.39, 0.29) is 12.2 Å². The number of nitrogens with zero attached hydrogens (tertiary/aromatic N) is 1. The first kappa shape index (κ1) is 18.4. The zero-order valence-electron chi connectivity index (χ0n) is 15.2. The second kappa shape index (κ2) is 7.86. The molecule has 3 rings (SSSR count). The van der Waals surface area contributed by atoms with Crippen molar-refractivity contribution in [2.75, 3.05) is 11.9 Å². The van der Waals surface area contributed by atoms with Crippen LogP contribution in [0.3, 0.4) is 0 Å². The maximum atomic E-state index is 12.4. The minimum absolute atomic E-state index is 0.153. The molecule has 0 aliphatic carbocycles. The van der Waals surface area contributed by atoms with Gasteiger partial charge in [0.1, 0.15) is 12.2 Å². The van der Waals surface area contributed by atoms with Crippen LogP contribution in [0, 0.1) is 0 Å². The molecule has 0 radical (unpaired) electrons. The number of urea groups is 1. The van der Waals surface area contributed by atoms with Crippen LogP contribution in [0.5, 0.6) is 0 Å². The van der Waals surface area contributed by atoms with Crippen molar-refractivity contribution >= 4 is 29.6 Å². The van der Waals surface area contributed by atoms with Crippen molar-refractivity contribution in [1.29, 1.82) is 0 Å². The van der Waals surface area contributed by atoms with Crippen LogP contribution in [0.1, 0.15) is 30.9 Å². The Morgan fingerprint density at radius 3 is 2.37 bits per heavy atom. The van der Waals surface area contributed by atoms with Crippen molar-refractivity contribution < 1.29 is 14.4 Å². The Kier molecular flexibility index (Phi) is 5.35. The Morgan fingerprint density at radius 2 is 1.74 bits per heavy atom. The average Bonchev–Trinajstić information content (AvgIpc) is 2.90. The highest BCUT2D eigenvalue weighted by Crippen LogP contribution is 2.18. The Balaban J connectivity index is 1.64. The van der Waals surface area contributed by atoms with Crippen molar-refractivity contribution in [1.82, 2.24) is 10.2 Å². The first-order valence-electron chi connectivity index (χ1n) is 8.73. The van der Waals surface area contributed by atoms with Gasteiger partial charge in [-0.2, -0.15) is 0 Å². The van der Waals surface area contributed by atoms with Gasteiger partial charge in [-0.3, -0.25) is 9.59 Å². The van der Waals surface area contributed by atoms with Crippen molar-refractivity contribution in [3.63, 3.8) is 0 Å². The van der Waals surface area contributed by atoms with Gasteiger partial charge in [0.25, 0.3) is 5.91 Å². The molecule has 6 nitrogen and oxygen atoms in total. The van der Waals surface area contributed by atoms with Crippen molar-refractivity contribution in [3.8, 4) is 0 Å². The summed E-state index contributed by atoms with van der Waals surface area (Å²) in [6.07, 6.45) is 1.59. The summed E-state index contributed by atoms with van der Waals surface area (Å²) in [7, 11) is 0. The largest absolute Gasteiger partial charge is 0.329 e. The highest BCUT2D eigenvalue weighted by atomic mass is 16.2. The van der Waals surface area contributed by atoms with Crippen molar-refractivity contribution in [3.05, 3.63) is 71.4 Å². The fraction of sp³-hybridized carbons (Fsp3) is 0.190. The standard InChI is InChI=1S/C21H21N3O3/c1-14(2)16-8-10-17(11-9-16)22-19(25)13-24-20(26)18(23-21(24)27)12-15-6-4-3-5-7-15/h3-12,14H,13H2,1-2H3,(H,22,25)(H,23,27)/b18-12+. The summed E-state index contributed by atoms with van der Waals surface area (Å²) in [6.45, 7) is 3.83. The minimum atomic E-state index is -0.604. The molecule has 1 fully saturated rings. The third-order valence-corrected chi connectivity index (χ3v) is 4.24. The van der Waals surface area contributed by atoms with Crippen LogP contribution >= 0.6 is 0 Å². The van der Waals surface area contributed by atoms with E-state index in [0.29, 0.717) is 11.6 Å². The van der Waals surface area contributed by atoms with E-state index in [1.807, 2.05) is 42.5 Å². The van der Waals surface area contributed by atoms with Gasteiger partial charge in [-0.25, -0.2) is 9.69 Å². The third kappa shape index (κ3) is 4.41. The quantitative estimate of drug-likeness (QED) is 0.632. The van der Waals surface area contributed by atoms with Gasteiger partial charge in [-0.05, 0) is 35.3 Å². The molecule has 0 atom stereocenters. The maximum absolute atomic E-state index is 12.4. The zero-order chi connectivity index (χ0) is 19.4. The summed E-state index contributed by atoms with van der Waals surface area (Å²) in [5.74, 6) is -0.554. The number of imide groups is 1. The van der Waals surface area contributed by atoms with Crippen molar-refractivity contribution in [2.24, 2.45) is 0 Å². The lowest BCUT2D eigenvalue weighted by Crippen LogP contribution is -2.38. The molecule has 138 valence electrons. The van der Waals surface area contributed by atoms with E-state index in [0.717, 1.165) is 16.0 Å². The van der Waals surface area contributed by atoms with Gasteiger partial charge < -0.3 is 10.6 Å². The number of anilines is 1. The van der Waals surface area contributed by atoms with Crippen LogP contribution in [-0.2, 0) is 9.59 Å². The predicted octanol–water partition coefficient (Wildman–Crippen LogP) is 3.34. The first-order chi connectivity index (χ1) is 12.9. The Hall–Kier alpha value is -3.41. The molecule has 0 aromatic heterocycles. The Labute approximate surface area is 157 Å². The van der Waals surface area contributed by atoms with Crippen LogP contribution in [0.25, 0.3) is 6.08 Å². The SMILES string of the molecule is CC(C)c1ccc(NC(=O)CN2C(=O)N/C(=C/c3ccccc3)C2=O)cc1. The van der Waals surface area contributed by atoms with Gasteiger partial charge in [0, 0.05) is 5.69 Å². The fourth-order valence-electron chi connectivity index (χ4n) is 2.73. The monoisotopic (exact) mass is 363 g/mol. The first-order valence-corrected chi connectivity index (χ1v) is 8.73. The number of carbonyl (C=O) groups excluding carboxylic acids is 3. The molecule has 27 heavy (non-hydrogen) atoms. The lowest BCUT2D eigenvalue weighted by molar-refractivity contribution is -0.127. The highest BCUT2D eigenvalue weighted by Gasteiger charge is 2.34. The van der Waals surface area contributed by atoms with Gasteiger partial charge >= 0.3 is 6.03 Å². The molecule has 1 aliphatic heterocycles. The number of nitrogens with one attached hydrogen (secondary N) is 2. The van der Waals surface area contributed by atoms with Crippen molar-refractivity contribution in [2.45, 2.75) is 19.8 Å². The van der Waals surface area contributed by atoms with E-state index in [1.165, 1.54) is 0 Å². The fourth-order valence-corrected chi connectivity index (χ4v) is 2.73. The number of benzene rings is 2. The number of hydrogen-bond acceptors (Lipinski definition) is 3. The summed E-state index contributed by atoms with van der Waals surface area (Å²) >= 11 is 0. The molecule has 1 heterocycles. The molecule has 0 bridgehead atoms. The lowest BCUT2D eigenvalue weighted by atomic mass is 10.0. The molecule has 0 saturated carbocycles. The second-order valence-corrected chi connectivity index (χ2v) is 6.62. The number of amides is 4. The number of carbonyl (C=O) groups is 3. The summed E-state index contributed by atoms with van der Waals surface area (Å²) < 4.78 is 0. The summed E-state index contributed by atoms with van der Waals surface area (Å²) in [5, 5.41) is 5.22. The van der Waals surface area contributed by atoms with Crippen LogP contribution in [0.15, 0.2) is 60.3 Å². The number of rotatable bonds is 5. The van der Waals surface area contributed by atoms with Gasteiger partial charge in [0.2, 0.25) is 5.91 Å². The van der Waals surface area contributed by atoms with Gasteiger partial charge in [0.15, 0.2) is 0 Å². The average molecular weight is 363 g/mol. The lowest BCUT2D eigenvalue weighted by Gasteiger charge is -2.12. The van der Waals surface area contributed by atoms with E-state index in [2.05, 4.69) is 24.5 Å².